The maximum atomic E-state index is 12.1. The minimum absolute atomic E-state index is 0.197. The van der Waals surface area contributed by atoms with E-state index in [1.54, 1.807) is 0 Å². The molecule has 22 heavy (non-hydrogen) atoms. The second kappa shape index (κ2) is 9.00. The number of benzene rings is 2. The Morgan fingerprint density at radius 1 is 0.955 bits per heavy atom. The lowest BCUT2D eigenvalue weighted by molar-refractivity contribution is -0.147. The van der Waals surface area contributed by atoms with Crippen LogP contribution in [0, 0.1) is 0 Å². The summed E-state index contributed by atoms with van der Waals surface area (Å²) >= 11 is 0. The molecule has 0 aliphatic carbocycles. The van der Waals surface area contributed by atoms with Crippen molar-refractivity contribution in [3.05, 3.63) is 71.8 Å². The highest BCUT2D eigenvalue weighted by molar-refractivity contribution is 5.70. The maximum absolute atomic E-state index is 12.1. The molecule has 0 unspecified atom stereocenters. The molecule has 0 saturated carbocycles. The Balaban J connectivity index is 2.04. The number of hydrogen-bond acceptors (Lipinski definition) is 3. The van der Waals surface area contributed by atoms with Crippen LogP contribution in [-0.4, -0.2) is 19.2 Å². The highest BCUT2D eigenvalue weighted by atomic mass is 16.5. The van der Waals surface area contributed by atoms with Crippen LogP contribution in [0.1, 0.15) is 37.0 Å². The molecule has 0 saturated heterocycles. The van der Waals surface area contributed by atoms with Gasteiger partial charge in [-0.05, 0) is 24.5 Å². The third-order valence-corrected chi connectivity index (χ3v) is 3.33. The van der Waals surface area contributed by atoms with Gasteiger partial charge in [0, 0.05) is 19.6 Å². The predicted octanol–water partition coefficient (Wildman–Crippen LogP) is 4.14. The largest absolute Gasteiger partial charge is 0.453 e. The number of hydrogen-bond donors (Lipinski definition) is 0. The van der Waals surface area contributed by atoms with Crippen LogP contribution in [0.3, 0.4) is 0 Å². The molecule has 0 bridgehead atoms. The van der Waals surface area contributed by atoms with Gasteiger partial charge in [0.05, 0.1) is 0 Å². The fraction of sp³-hybridized carbons (Fsp3) is 0.316. The summed E-state index contributed by atoms with van der Waals surface area (Å²) < 4.78 is 11.0. The highest BCUT2D eigenvalue weighted by Crippen LogP contribution is 2.26. The minimum atomic E-state index is -0.359. The van der Waals surface area contributed by atoms with Crippen LogP contribution in [0.5, 0.6) is 0 Å². The molecule has 0 aliphatic rings. The van der Waals surface area contributed by atoms with E-state index in [-0.39, 0.29) is 12.1 Å². The fourth-order valence-corrected chi connectivity index (χ4v) is 2.24. The Bertz CT molecular complexity index is 512. The van der Waals surface area contributed by atoms with Crippen molar-refractivity contribution in [2.75, 3.05) is 13.2 Å². The zero-order valence-corrected chi connectivity index (χ0v) is 12.9. The Hall–Kier alpha value is -2.13. The maximum Gasteiger partial charge on any atom is 0.306 e. The van der Waals surface area contributed by atoms with Crippen LogP contribution in [0.4, 0.5) is 0 Å². The van der Waals surface area contributed by atoms with E-state index in [0.29, 0.717) is 26.1 Å². The van der Waals surface area contributed by atoms with Crippen molar-refractivity contribution in [3.8, 4) is 0 Å². The van der Waals surface area contributed by atoms with Crippen LogP contribution in [0.15, 0.2) is 60.7 Å². The molecule has 2 aromatic carbocycles. The van der Waals surface area contributed by atoms with Gasteiger partial charge in [-0.3, -0.25) is 4.79 Å². The first-order valence-corrected chi connectivity index (χ1v) is 7.68. The zero-order chi connectivity index (χ0) is 15.6. The summed E-state index contributed by atoms with van der Waals surface area (Å²) in [6.07, 6.45) is 0.695. The van der Waals surface area contributed by atoms with E-state index in [1.807, 2.05) is 67.6 Å². The quantitative estimate of drug-likeness (QED) is 0.543. The molecule has 0 radical (unpaired) electrons. The summed E-state index contributed by atoms with van der Waals surface area (Å²) in [5, 5.41) is 0. The van der Waals surface area contributed by atoms with Crippen molar-refractivity contribution in [1.29, 1.82) is 0 Å². The summed E-state index contributed by atoms with van der Waals surface area (Å²) in [6.45, 7) is 3.21. The van der Waals surface area contributed by atoms with Crippen molar-refractivity contribution in [2.45, 2.75) is 25.9 Å². The van der Waals surface area contributed by atoms with Gasteiger partial charge in [0.25, 0.3) is 0 Å². The molecule has 0 aliphatic heterocycles. The molecule has 0 atom stereocenters. The van der Waals surface area contributed by atoms with Crippen molar-refractivity contribution in [3.63, 3.8) is 0 Å². The highest BCUT2D eigenvalue weighted by Gasteiger charge is 2.18. The summed E-state index contributed by atoms with van der Waals surface area (Å²) in [6, 6.07) is 19.6. The second-order valence-corrected chi connectivity index (χ2v) is 4.99. The van der Waals surface area contributed by atoms with E-state index in [9.17, 15) is 4.79 Å². The Morgan fingerprint density at radius 2 is 1.50 bits per heavy atom. The molecule has 116 valence electrons. The van der Waals surface area contributed by atoms with Gasteiger partial charge in [-0.15, -0.1) is 0 Å². The van der Waals surface area contributed by atoms with Crippen molar-refractivity contribution >= 4 is 5.97 Å². The van der Waals surface area contributed by atoms with Gasteiger partial charge in [-0.1, -0.05) is 60.7 Å². The molecule has 0 aromatic heterocycles. The lowest BCUT2D eigenvalue weighted by atomic mass is 10.0. The van der Waals surface area contributed by atoms with Crippen molar-refractivity contribution in [2.24, 2.45) is 0 Å². The summed E-state index contributed by atoms with van der Waals surface area (Å²) in [7, 11) is 0. The van der Waals surface area contributed by atoms with E-state index >= 15 is 0 Å². The molecule has 0 N–H and O–H groups in total. The summed E-state index contributed by atoms with van der Waals surface area (Å²) in [4.78, 5) is 12.1. The van der Waals surface area contributed by atoms with E-state index in [4.69, 9.17) is 9.47 Å². The number of esters is 1. The molecular formula is C19H22O3. The van der Waals surface area contributed by atoms with Gasteiger partial charge >= 0.3 is 5.97 Å². The van der Waals surface area contributed by atoms with Crippen LogP contribution in [0.2, 0.25) is 0 Å². The first-order chi connectivity index (χ1) is 10.8. The van der Waals surface area contributed by atoms with E-state index in [1.165, 1.54) is 0 Å². The molecule has 3 nitrogen and oxygen atoms in total. The van der Waals surface area contributed by atoms with Crippen LogP contribution >= 0.6 is 0 Å². The predicted molar refractivity (Wildman–Crippen MR) is 86.5 cm³/mol. The number of rotatable bonds is 8. The van der Waals surface area contributed by atoms with E-state index < -0.39 is 0 Å². The first kappa shape index (κ1) is 16.2. The van der Waals surface area contributed by atoms with Gasteiger partial charge in [-0.25, -0.2) is 0 Å². The van der Waals surface area contributed by atoms with Crippen LogP contribution in [-0.2, 0) is 14.3 Å². The van der Waals surface area contributed by atoms with Crippen molar-refractivity contribution in [1.82, 2.24) is 0 Å². The summed E-state index contributed by atoms with van der Waals surface area (Å²) in [5.74, 6) is -0.197. The topological polar surface area (TPSA) is 35.5 Å². The molecule has 2 aromatic rings. The fourth-order valence-electron chi connectivity index (χ4n) is 2.24. The Labute approximate surface area is 131 Å². The lowest BCUT2D eigenvalue weighted by Crippen LogP contribution is -2.13. The smallest absolute Gasteiger partial charge is 0.306 e. The number of carbonyl (C=O) groups is 1. The molecular weight excluding hydrogens is 276 g/mol. The zero-order valence-electron chi connectivity index (χ0n) is 12.9. The van der Waals surface area contributed by atoms with Gasteiger partial charge in [0.1, 0.15) is 0 Å². The van der Waals surface area contributed by atoms with Gasteiger partial charge < -0.3 is 9.47 Å². The molecule has 3 heteroatoms. The lowest BCUT2D eigenvalue weighted by Gasteiger charge is -2.19. The molecule has 0 spiro atoms. The Morgan fingerprint density at radius 3 is 2.00 bits per heavy atom. The molecule has 2 rings (SSSR count). The van der Waals surface area contributed by atoms with Gasteiger partial charge in [0.15, 0.2) is 6.10 Å². The van der Waals surface area contributed by atoms with Gasteiger partial charge in [-0.2, -0.15) is 0 Å². The van der Waals surface area contributed by atoms with Crippen LogP contribution in [0.25, 0.3) is 0 Å². The minimum Gasteiger partial charge on any atom is -0.453 e. The SMILES string of the molecule is CCOCCCC(=O)OC(c1ccccc1)c1ccccc1. The summed E-state index contributed by atoms with van der Waals surface area (Å²) in [5.41, 5.74) is 1.96. The van der Waals surface area contributed by atoms with Crippen molar-refractivity contribution < 1.29 is 14.3 Å². The standard InChI is InChI=1S/C19H22O3/c1-2-21-15-9-14-18(20)22-19(16-10-5-3-6-11-16)17-12-7-4-8-13-17/h3-8,10-13,19H,2,9,14-15H2,1H3. The normalized spacial score (nSPS) is 10.6. The second-order valence-electron chi connectivity index (χ2n) is 4.99. The van der Waals surface area contributed by atoms with Gasteiger partial charge in [0.2, 0.25) is 0 Å². The molecule has 0 fully saturated rings. The molecule has 0 amide bonds. The average molecular weight is 298 g/mol. The average Bonchev–Trinajstić information content (AvgIpc) is 2.58. The van der Waals surface area contributed by atoms with E-state index in [0.717, 1.165) is 11.1 Å². The van der Waals surface area contributed by atoms with Crippen LogP contribution < -0.4 is 0 Å². The Kier molecular flexibility index (Phi) is 6.65. The third-order valence-electron chi connectivity index (χ3n) is 3.33. The molecule has 0 heterocycles. The number of ether oxygens (including phenoxy) is 2. The first-order valence-electron chi connectivity index (χ1n) is 7.68. The monoisotopic (exact) mass is 298 g/mol. The number of carbonyl (C=O) groups excluding carboxylic acids is 1. The third kappa shape index (κ3) is 5.01. The van der Waals surface area contributed by atoms with E-state index in [2.05, 4.69) is 0 Å².